The maximum atomic E-state index is 13.4. The summed E-state index contributed by atoms with van der Waals surface area (Å²) in [6, 6.07) is 13.3. The molecular weight excluding hydrogens is 419 g/mol. The molecule has 5 rings (SSSR count). The fourth-order valence-corrected chi connectivity index (χ4v) is 3.95. The van der Waals surface area contributed by atoms with E-state index in [-0.39, 0.29) is 11.9 Å². The third kappa shape index (κ3) is 3.80. The van der Waals surface area contributed by atoms with Crippen LogP contribution in [0.3, 0.4) is 0 Å². The van der Waals surface area contributed by atoms with Crippen molar-refractivity contribution in [3.8, 4) is 16.9 Å². The molecule has 3 N–H and O–H groups in total. The molecule has 7 nitrogen and oxygen atoms in total. The first-order valence-corrected chi connectivity index (χ1v) is 10.4. The number of nitrogens with two attached hydrogens (primary N) is 1. The molecule has 0 amide bonds. The van der Waals surface area contributed by atoms with Crippen molar-refractivity contribution in [2.24, 2.45) is 0 Å². The summed E-state index contributed by atoms with van der Waals surface area (Å²) in [5.41, 5.74) is 8.81. The van der Waals surface area contributed by atoms with Crippen LogP contribution in [-0.2, 0) is 4.74 Å². The van der Waals surface area contributed by atoms with Crippen LogP contribution in [0.1, 0.15) is 12.8 Å². The lowest BCUT2D eigenvalue weighted by atomic mass is 10.1. The van der Waals surface area contributed by atoms with E-state index in [1.807, 2.05) is 18.2 Å². The summed E-state index contributed by atoms with van der Waals surface area (Å²) in [5, 5.41) is 8.95. The minimum absolute atomic E-state index is 0.130. The number of aromatic nitrogens is 4. The van der Waals surface area contributed by atoms with Crippen LogP contribution in [0.15, 0.2) is 48.5 Å². The second-order valence-corrected chi connectivity index (χ2v) is 7.77. The smallest absolute Gasteiger partial charge is 0.225 e. The number of nitrogens with zero attached hydrogens (tertiary/aromatic N) is 4. The number of rotatable bonds is 5. The number of hydrogen-bond acceptors (Lipinski definition) is 6. The summed E-state index contributed by atoms with van der Waals surface area (Å²) in [6.07, 6.45) is 2.18. The van der Waals surface area contributed by atoms with Crippen molar-refractivity contribution < 1.29 is 9.13 Å². The molecular formula is C22H20ClFN6O. The van der Waals surface area contributed by atoms with Gasteiger partial charge in [0.05, 0.1) is 22.9 Å². The zero-order valence-corrected chi connectivity index (χ0v) is 17.3. The lowest BCUT2D eigenvalue weighted by molar-refractivity contribution is 0.120. The van der Waals surface area contributed by atoms with Crippen molar-refractivity contribution in [1.82, 2.24) is 19.7 Å². The lowest BCUT2D eigenvalue weighted by Crippen LogP contribution is -2.19. The van der Waals surface area contributed by atoms with Crippen LogP contribution in [0.5, 0.6) is 0 Å². The monoisotopic (exact) mass is 438 g/mol. The highest BCUT2D eigenvalue weighted by atomic mass is 35.5. The molecule has 9 heteroatoms. The van der Waals surface area contributed by atoms with E-state index in [1.54, 1.807) is 18.2 Å². The predicted octanol–water partition coefficient (Wildman–Crippen LogP) is 4.45. The summed E-state index contributed by atoms with van der Waals surface area (Å²) in [7, 11) is 0. The van der Waals surface area contributed by atoms with Crippen molar-refractivity contribution >= 4 is 34.4 Å². The quantitative estimate of drug-likeness (QED) is 0.478. The molecule has 4 aromatic rings. The predicted molar refractivity (Wildman–Crippen MR) is 119 cm³/mol. The number of nitrogens with one attached hydrogen (secondary N) is 1. The Bertz CT molecular complexity index is 1240. The molecule has 3 heterocycles. The van der Waals surface area contributed by atoms with Crippen LogP contribution < -0.4 is 11.1 Å². The van der Waals surface area contributed by atoms with Gasteiger partial charge in [0.25, 0.3) is 0 Å². The molecule has 31 heavy (non-hydrogen) atoms. The lowest BCUT2D eigenvalue weighted by Gasteiger charge is -2.12. The Hall–Kier alpha value is -3.23. The van der Waals surface area contributed by atoms with Crippen molar-refractivity contribution in [3.05, 3.63) is 59.4 Å². The van der Waals surface area contributed by atoms with Gasteiger partial charge in [0.15, 0.2) is 5.65 Å². The first-order chi connectivity index (χ1) is 15.1. The van der Waals surface area contributed by atoms with Crippen LogP contribution in [0.2, 0.25) is 5.02 Å². The number of fused-ring (bicyclic) bond motifs is 1. The summed E-state index contributed by atoms with van der Waals surface area (Å²) in [5.74, 6) is 0.431. The molecule has 1 fully saturated rings. The molecule has 1 aliphatic heterocycles. The third-order valence-electron chi connectivity index (χ3n) is 5.28. The zero-order valence-electron chi connectivity index (χ0n) is 16.6. The van der Waals surface area contributed by atoms with Gasteiger partial charge in [-0.15, -0.1) is 5.10 Å². The summed E-state index contributed by atoms with van der Waals surface area (Å²) in [4.78, 5) is 9.29. The second kappa shape index (κ2) is 8.13. The number of benzene rings is 2. The summed E-state index contributed by atoms with van der Waals surface area (Å²) < 4.78 is 20.6. The molecule has 2 aromatic heterocycles. The highest BCUT2D eigenvalue weighted by Crippen LogP contribution is 2.36. The van der Waals surface area contributed by atoms with Crippen molar-refractivity contribution in [3.63, 3.8) is 0 Å². The number of ether oxygens (including phenoxy) is 1. The SMILES string of the molecule is Nc1c2c(-c3ccccc3Cl)nc(NC[C@@H]3CCCO3)nc2nn1-c1ccc(F)cc1. The van der Waals surface area contributed by atoms with E-state index < -0.39 is 0 Å². The van der Waals surface area contributed by atoms with E-state index in [4.69, 9.17) is 27.1 Å². The largest absolute Gasteiger partial charge is 0.383 e. The molecule has 2 aromatic carbocycles. The highest BCUT2D eigenvalue weighted by Gasteiger charge is 2.21. The topological polar surface area (TPSA) is 90.9 Å². The van der Waals surface area contributed by atoms with Crippen LogP contribution >= 0.6 is 11.6 Å². The number of anilines is 2. The van der Waals surface area contributed by atoms with Gasteiger partial charge in [0.2, 0.25) is 5.95 Å². The molecule has 0 aliphatic carbocycles. The van der Waals surface area contributed by atoms with Gasteiger partial charge >= 0.3 is 0 Å². The van der Waals surface area contributed by atoms with Crippen molar-refractivity contribution in [2.45, 2.75) is 18.9 Å². The first-order valence-electron chi connectivity index (χ1n) is 10.0. The molecule has 158 valence electrons. The Morgan fingerprint density at radius 2 is 1.97 bits per heavy atom. The second-order valence-electron chi connectivity index (χ2n) is 7.36. The van der Waals surface area contributed by atoms with Crippen molar-refractivity contribution in [1.29, 1.82) is 0 Å². The Morgan fingerprint density at radius 1 is 1.16 bits per heavy atom. The Morgan fingerprint density at radius 3 is 2.71 bits per heavy atom. The molecule has 0 spiro atoms. The maximum absolute atomic E-state index is 13.4. The highest BCUT2D eigenvalue weighted by molar-refractivity contribution is 6.33. The van der Waals surface area contributed by atoms with E-state index in [0.29, 0.717) is 45.7 Å². The fraction of sp³-hybridized carbons (Fsp3) is 0.227. The van der Waals surface area contributed by atoms with Gasteiger partial charge < -0.3 is 15.8 Å². The first kappa shape index (κ1) is 19.7. The average Bonchev–Trinajstić information content (AvgIpc) is 3.41. The molecule has 0 bridgehead atoms. The minimum Gasteiger partial charge on any atom is -0.383 e. The van der Waals surface area contributed by atoms with E-state index in [1.165, 1.54) is 16.8 Å². The Balaban J connectivity index is 1.65. The van der Waals surface area contributed by atoms with Gasteiger partial charge in [-0.05, 0) is 43.2 Å². The number of halogens is 2. The maximum Gasteiger partial charge on any atom is 0.225 e. The fourth-order valence-electron chi connectivity index (χ4n) is 3.73. The zero-order chi connectivity index (χ0) is 21.4. The number of nitrogen functional groups attached to an aromatic ring is 1. The summed E-state index contributed by atoms with van der Waals surface area (Å²) in [6.45, 7) is 1.37. The Kier molecular flexibility index (Phi) is 5.17. The Labute approximate surface area is 183 Å². The molecule has 1 aliphatic rings. The van der Waals surface area contributed by atoms with E-state index in [0.717, 1.165) is 25.0 Å². The van der Waals surface area contributed by atoms with Crippen LogP contribution in [-0.4, -0.2) is 39.0 Å². The molecule has 0 radical (unpaired) electrons. The molecule has 1 atom stereocenters. The van der Waals surface area contributed by atoms with Gasteiger partial charge in [-0.3, -0.25) is 0 Å². The van der Waals surface area contributed by atoms with Gasteiger partial charge in [-0.1, -0.05) is 29.8 Å². The summed E-state index contributed by atoms with van der Waals surface area (Å²) >= 11 is 6.48. The van der Waals surface area contributed by atoms with E-state index in [2.05, 4.69) is 15.4 Å². The van der Waals surface area contributed by atoms with Gasteiger partial charge in [-0.2, -0.15) is 4.98 Å². The standard InChI is InChI=1S/C22H20ClFN6O/c23-17-6-2-1-5-16(17)19-18-20(25)30(14-9-7-13(24)8-10-14)29-21(18)28-22(27-19)26-12-15-4-3-11-31-15/h1-2,5-10,15H,3-4,11-12,25H2,(H,26,28,29)/t15-/m0/s1. The molecule has 0 saturated carbocycles. The van der Waals surface area contributed by atoms with Crippen molar-refractivity contribution in [2.75, 3.05) is 24.2 Å². The average molecular weight is 439 g/mol. The van der Waals surface area contributed by atoms with Gasteiger partial charge in [-0.25, -0.2) is 14.1 Å². The molecule has 0 unspecified atom stereocenters. The van der Waals surface area contributed by atoms with E-state index >= 15 is 0 Å². The van der Waals surface area contributed by atoms with Gasteiger partial charge in [0.1, 0.15) is 11.6 Å². The van der Waals surface area contributed by atoms with Crippen LogP contribution in [0.4, 0.5) is 16.2 Å². The third-order valence-corrected chi connectivity index (χ3v) is 5.61. The molecule has 1 saturated heterocycles. The van der Waals surface area contributed by atoms with E-state index in [9.17, 15) is 4.39 Å². The van der Waals surface area contributed by atoms with Crippen LogP contribution in [0.25, 0.3) is 28.0 Å². The minimum atomic E-state index is -0.337. The van der Waals surface area contributed by atoms with Gasteiger partial charge in [0, 0.05) is 23.7 Å². The number of hydrogen-bond donors (Lipinski definition) is 2. The normalized spacial score (nSPS) is 16.1. The van der Waals surface area contributed by atoms with Crippen LogP contribution in [0, 0.1) is 5.82 Å².